The summed E-state index contributed by atoms with van der Waals surface area (Å²) >= 11 is 6.85. The molecule has 1 fully saturated rings. The number of thiophene rings is 1. The van der Waals surface area contributed by atoms with Crippen molar-refractivity contribution in [2.75, 3.05) is 18.4 Å². The van der Waals surface area contributed by atoms with Crippen LogP contribution < -0.4 is 5.32 Å². The summed E-state index contributed by atoms with van der Waals surface area (Å²) in [7, 11) is -3.66. The Bertz CT molecular complexity index is 966. The number of nitriles is 1. The standard InChI is InChI=1S/C17H16ClN3O3S2/c18-15-7-8-16(25-15)26(23,24)21-9-3-5-13(11-21)17(22)20-14-6-2-1-4-12(14)10-19/h1-2,4,6-8,13H,3,5,9,11H2,(H,20,22). The van der Waals surface area contributed by atoms with Crippen LogP contribution in [0.4, 0.5) is 5.69 Å². The zero-order chi connectivity index (χ0) is 18.7. The van der Waals surface area contributed by atoms with Crippen molar-refractivity contribution in [1.82, 2.24) is 4.31 Å². The smallest absolute Gasteiger partial charge is 0.252 e. The number of rotatable bonds is 4. The lowest BCUT2D eigenvalue weighted by Gasteiger charge is -2.30. The molecule has 26 heavy (non-hydrogen) atoms. The number of amides is 1. The van der Waals surface area contributed by atoms with Gasteiger partial charge in [-0.2, -0.15) is 9.57 Å². The molecule has 3 rings (SSSR count). The quantitative estimate of drug-likeness (QED) is 0.838. The van der Waals surface area contributed by atoms with Crippen molar-refractivity contribution < 1.29 is 13.2 Å². The molecule has 0 radical (unpaired) electrons. The number of halogens is 1. The number of hydrogen-bond acceptors (Lipinski definition) is 5. The van der Waals surface area contributed by atoms with Gasteiger partial charge >= 0.3 is 0 Å². The molecule has 136 valence electrons. The topological polar surface area (TPSA) is 90.3 Å². The second kappa shape index (κ2) is 7.76. The molecule has 0 aliphatic carbocycles. The highest BCUT2D eigenvalue weighted by molar-refractivity contribution is 7.91. The number of para-hydroxylation sites is 1. The van der Waals surface area contributed by atoms with E-state index in [1.807, 2.05) is 6.07 Å². The summed E-state index contributed by atoms with van der Waals surface area (Å²) in [5, 5.41) is 11.9. The SMILES string of the molecule is N#Cc1ccccc1NC(=O)C1CCCN(S(=O)(=O)c2ccc(Cl)s2)C1. The van der Waals surface area contributed by atoms with Crippen LogP contribution in [0.25, 0.3) is 0 Å². The summed E-state index contributed by atoms with van der Waals surface area (Å²) in [4.78, 5) is 12.6. The van der Waals surface area contributed by atoms with Crippen molar-refractivity contribution in [2.24, 2.45) is 5.92 Å². The van der Waals surface area contributed by atoms with Crippen LogP contribution in [-0.2, 0) is 14.8 Å². The van der Waals surface area contributed by atoms with Crippen LogP contribution in [0.15, 0.2) is 40.6 Å². The fourth-order valence-electron chi connectivity index (χ4n) is 2.86. The first-order chi connectivity index (χ1) is 12.4. The summed E-state index contributed by atoms with van der Waals surface area (Å²) < 4.78 is 27.4. The highest BCUT2D eigenvalue weighted by atomic mass is 35.5. The van der Waals surface area contributed by atoms with E-state index in [1.165, 1.54) is 10.4 Å². The Labute approximate surface area is 161 Å². The van der Waals surface area contributed by atoms with Gasteiger partial charge in [0.2, 0.25) is 5.91 Å². The molecule has 0 saturated carbocycles. The molecule has 0 spiro atoms. The second-order valence-corrected chi connectivity index (χ2v) is 9.79. The van der Waals surface area contributed by atoms with Crippen LogP contribution in [0.2, 0.25) is 4.34 Å². The number of nitrogens with zero attached hydrogens (tertiary/aromatic N) is 2. The number of benzene rings is 1. The Hall–Kier alpha value is -1.92. The lowest BCUT2D eigenvalue weighted by Crippen LogP contribution is -2.43. The number of carbonyl (C=O) groups excluding carboxylic acids is 1. The van der Waals surface area contributed by atoms with Crippen LogP contribution in [0.3, 0.4) is 0 Å². The summed E-state index contributed by atoms with van der Waals surface area (Å²) in [6, 6.07) is 11.8. The van der Waals surface area contributed by atoms with Crippen molar-refractivity contribution >= 4 is 44.6 Å². The van der Waals surface area contributed by atoms with Crippen LogP contribution in [0.5, 0.6) is 0 Å². The predicted octanol–water partition coefficient (Wildman–Crippen LogP) is 3.31. The van der Waals surface area contributed by atoms with Crippen LogP contribution in [-0.4, -0.2) is 31.7 Å². The lowest BCUT2D eigenvalue weighted by atomic mass is 9.98. The Balaban J connectivity index is 1.74. The van der Waals surface area contributed by atoms with E-state index < -0.39 is 15.9 Å². The maximum Gasteiger partial charge on any atom is 0.252 e. The van der Waals surface area contributed by atoms with Crippen molar-refractivity contribution in [3.05, 3.63) is 46.3 Å². The van der Waals surface area contributed by atoms with Crippen molar-refractivity contribution in [3.63, 3.8) is 0 Å². The van der Waals surface area contributed by atoms with Crippen molar-refractivity contribution in [3.8, 4) is 6.07 Å². The summed E-state index contributed by atoms with van der Waals surface area (Å²) in [6.45, 7) is 0.481. The molecule has 1 aromatic heterocycles. The van der Waals surface area contributed by atoms with E-state index in [4.69, 9.17) is 16.9 Å². The van der Waals surface area contributed by atoms with Gasteiger partial charge in [-0.05, 0) is 37.1 Å². The Morgan fingerprint density at radius 2 is 2.08 bits per heavy atom. The third-order valence-corrected chi connectivity index (χ3v) is 7.77. The van der Waals surface area contributed by atoms with Gasteiger partial charge in [-0.15, -0.1) is 11.3 Å². The Morgan fingerprint density at radius 1 is 1.31 bits per heavy atom. The van der Waals surface area contributed by atoms with Crippen LogP contribution in [0.1, 0.15) is 18.4 Å². The van der Waals surface area contributed by atoms with E-state index in [0.29, 0.717) is 35.0 Å². The number of carbonyl (C=O) groups is 1. The minimum absolute atomic E-state index is 0.110. The number of anilines is 1. The van der Waals surface area contributed by atoms with E-state index in [9.17, 15) is 13.2 Å². The molecule has 1 aliphatic heterocycles. The third-order valence-electron chi connectivity index (χ3n) is 4.20. The third kappa shape index (κ3) is 3.91. The summed E-state index contributed by atoms with van der Waals surface area (Å²) in [5.41, 5.74) is 0.805. The van der Waals surface area contributed by atoms with Gasteiger partial charge in [-0.3, -0.25) is 4.79 Å². The molecule has 1 amide bonds. The molecular weight excluding hydrogens is 394 g/mol. The summed E-state index contributed by atoms with van der Waals surface area (Å²) in [6.07, 6.45) is 1.19. The van der Waals surface area contributed by atoms with E-state index in [2.05, 4.69) is 5.32 Å². The minimum Gasteiger partial charge on any atom is -0.325 e. The fourth-order valence-corrected chi connectivity index (χ4v) is 6.02. The highest BCUT2D eigenvalue weighted by Crippen LogP contribution is 2.31. The molecular formula is C17H16ClN3O3S2. The number of hydrogen-bond donors (Lipinski definition) is 1. The van der Waals surface area contributed by atoms with Gasteiger partial charge in [0, 0.05) is 13.1 Å². The van der Waals surface area contributed by atoms with E-state index >= 15 is 0 Å². The number of sulfonamides is 1. The second-order valence-electron chi connectivity index (χ2n) is 5.91. The van der Waals surface area contributed by atoms with Crippen molar-refractivity contribution in [2.45, 2.75) is 17.1 Å². The Kier molecular flexibility index (Phi) is 5.63. The zero-order valence-electron chi connectivity index (χ0n) is 13.7. The monoisotopic (exact) mass is 409 g/mol. The molecule has 1 unspecified atom stereocenters. The van der Waals surface area contributed by atoms with Gasteiger partial charge in [0.05, 0.1) is 21.5 Å². The highest BCUT2D eigenvalue weighted by Gasteiger charge is 2.34. The maximum absolute atomic E-state index is 12.7. The molecule has 1 saturated heterocycles. The zero-order valence-corrected chi connectivity index (χ0v) is 16.1. The van der Waals surface area contributed by atoms with E-state index in [-0.39, 0.29) is 16.7 Å². The number of nitrogens with one attached hydrogen (secondary N) is 1. The van der Waals surface area contributed by atoms with Crippen LogP contribution >= 0.6 is 22.9 Å². The molecule has 2 heterocycles. The first kappa shape index (κ1) is 18.9. The lowest BCUT2D eigenvalue weighted by molar-refractivity contribution is -0.120. The molecule has 1 aliphatic rings. The molecule has 1 aromatic carbocycles. The van der Waals surface area contributed by atoms with E-state index in [0.717, 1.165) is 11.3 Å². The maximum atomic E-state index is 12.7. The molecule has 9 heteroatoms. The summed E-state index contributed by atoms with van der Waals surface area (Å²) in [5.74, 6) is -0.752. The van der Waals surface area contributed by atoms with Gasteiger partial charge in [0.25, 0.3) is 10.0 Å². The van der Waals surface area contributed by atoms with Gasteiger partial charge in [-0.25, -0.2) is 8.42 Å². The molecule has 6 nitrogen and oxygen atoms in total. The van der Waals surface area contributed by atoms with Gasteiger partial charge in [0.15, 0.2) is 0 Å². The van der Waals surface area contributed by atoms with E-state index in [1.54, 1.807) is 30.3 Å². The molecule has 2 aromatic rings. The van der Waals surface area contributed by atoms with Crippen molar-refractivity contribution in [1.29, 1.82) is 5.26 Å². The first-order valence-corrected chi connectivity index (χ1v) is 10.6. The van der Waals surface area contributed by atoms with Gasteiger partial charge < -0.3 is 5.32 Å². The predicted molar refractivity (Wildman–Crippen MR) is 101 cm³/mol. The average molecular weight is 410 g/mol. The molecule has 1 N–H and O–H groups in total. The minimum atomic E-state index is -3.66. The van der Waals surface area contributed by atoms with Gasteiger partial charge in [0.1, 0.15) is 10.3 Å². The Morgan fingerprint density at radius 3 is 2.77 bits per heavy atom. The average Bonchev–Trinajstić information content (AvgIpc) is 3.09. The fraction of sp³-hybridized carbons (Fsp3) is 0.294. The molecule has 0 bridgehead atoms. The largest absolute Gasteiger partial charge is 0.325 e. The first-order valence-electron chi connectivity index (χ1n) is 7.97. The van der Waals surface area contributed by atoms with Gasteiger partial charge in [-0.1, -0.05) is 23.7 Å². The number of piperidine rings is 1. The molecule has 1 atom stereocenters. The van der Waals surface area contributed by atoms with Crippen LogP contribution in [0, 0.1) is 17.2 Å². The normalized spacial score (nSPS) is 18.2.